The molecule has 5 heteroatoms. The number of rotatable bonds is 4. The van der Waals surface area contributed by atoms with Crippen LogP contribution in [-0.2, 0) is 19.9 Å². The zero-order chi connectivity index (χ0) is 15.0. The van der Waals surface area contributed by atoms with E-state index < -0.39 is 0 Å². The SMILES string of the molecule is CCc1nn(C)c(CC(=O)c2cc3ccccc3o2)c1Br. The van der Waals surface area contributed by atoms with Crippen molar-refractivity contribution in [3.8, 4) is 0 Å². The Morgan fingerprint density at radius 2 is 2.14 bits per heavy atom. The smallest absolute Gasteiger partial charge is 0.203 e. The maximum Gasteiger partial charge on any atom is 0.203 e. The minimum absolute atomic E-state index is 0.0439. The van der Waals surface area contributed by atoms with E-state index in [4.69, 9.17) is 4.42 Å². The number of ketones is 1. The number of aromatic nitrogens is 2. The van der Waals surface area contributed by atoms with E-state index in [2.05, 4.69) is 21.0 Å². The topological polar surface area (TPSA) is 48.0 Å². The van der Waals surface area contributed by atoms with Crippen LogP contribution in [0.3, 0.4) is 0 Å². The molecule has 0 saturated heterocycles. The van der Waals surface area contributed by atoms with Gasteiger partial charge < -0.3 is 4.42 Å². The number of fused-ring (bicyclic) bond motifs is 1. The summed E-state index contributed by atoms with van der Waals surface area (Å²) in [6.45, 7) is 2.04. The number of Topliss-reactive ketones (excluding diaryl/α,β-unsaturated/α-hetero) is 1. The number of hydrogen-bond acceptors (Lipinski definition) is 3. The average Bonchev–Trinajstić information content (AvgIpc) is 3.03. The summed E-state index contributed by atoms with van der Waals surface area (Å²) in [6, 6.07) is 9.41. The monoisotopic (exact) mass is 346 g/mol. The summed E-state index contributed by atoms with van der Waals surface area (Å²) < 4.78 is 8.29. The van der Waals surface area contributed by atoms with Gasteiger partial charge in [-0.3, -0.25) is 9.48 Å². The highest BCUT2D eigenvalue weighted by Crippen LogP contribution is 2.25. The summed E-state index contributed by atoms with van der Waals surface area (Å²) in [7, 11) is 1.85. The fourth-order valence-corrected chi connectivity index (χ4v) is 3.13. The molecule has 4 nitrogen and oxygen atoms in total. The second-order valence-electron chi connectivity index (χ2n) is 4.93. The molecule has 0 unspecified atom stereocenters. The second-order valence-corrected chi connectivity index (χ2v) is 5.73. The predicted octanol–water partition coefficient (Wildman–Crippen LogP) is 3.92. The van der Waals surface area contributed by atoms with Crippen molar-refractivity contribution in [1.29, 1.82) is 0 Å². The van der Waals surface area contributed by atoms with E-state index in [1.165, 1.54) is 0 Å². The summed E-state index contributed by atoms with van der Waals surface area (Å²) in [4.78, 5) is 12.4. The first-order valence-electron chi connectivity index (χ1n) is 6.82. The van der Waals surface area contributed by atoms with Crippen LogP contribution in [0.5, 0.6) is 0 Å². The van der Waals surface area contributed by atoms with Crippen LogP contribution in [0.4, 0.5) is 0 Å². The standard InChI is InChI=1S/C16H15BrN2O2/c1-3-11-16(17)12(19(2)18-11)9-13(20)15-8-10-6-4-5-7-14(10)21-15/h4-8H,3,9H2,1-2H3. The number of carbonyl (C=O) groups excluding carboxylic acids is 1. The third-order valence-electron chi connectivity index (χ3n) is 3.53. The van der Waals surface area contributed by atoms with Gasteiger partial charge in [0.25, 0.3) is 0 Å². The molecule has 0 bridgehead atoms. The molecule has 0 atom stereocenters. The Labute approximate surface area is 130 Å². The third-order valence-corrected chi connectivity index (χ3v) is 4.45. The number of furan rings is 1. The Morgan fingerprint density at radius 3 is 2.81 bits per heavy atom. The Hall–Kier alpha value is -1.88. The van der Waals surface area contributed by atoms with Crippen molar-refractivity contribution in [3.05, 3.63) is 52.0 Å². The van der Waals surface area contributed by atoms with Gasteiger partial charge in [-0.2, -0.15) is 5.10 Å². The van der Waals surface area contributed by atoms with Gasteiger partial charge in [-0.05, 0) is 34.5 Å². The van der Waals surface area contributed by atoms with Gasteiger partial charge >= 0.3 is 0 Å². The minimum Gasteiger partial charge on any atom is -0.453 e. The Bertz CT molecular complexity index is 784. The van der Waals surface area contributed by atoms with E-state index in [9.17, 15) is 4.79 Å². The lowest BCUT2D eigenvalue weighted by Gasteiger charge is -2.00. The normalized spacial score (nSPS) is 11.2. The summed E-state index contributed by atoms with van der Waals surface area (Å²) in [5.41, 5.74) is 2.57. The van der Waals surface area contributed by atoms with Crippen LogP contribution < -0.4 is 0 Å². The molecule has 3 aromatic rings. The largest absolute Gasteiger partial charge is 0.453 e. The van der Waals surface area contributed by atoms with Crippen LogP contribution in [0.2, 0.25) is 0 Å². The van der Waals surface area contributed by atoms with Gasteiger partial charge in [0.15, 0.2) is 5.76 Å². The molecule has 21 heavy (non-hydrogen) atoms. The fourth-order valence-electron chi connectivity index (χ4n) is 2.37. The maximum atomic E-state index is 12.4. The van der Waals surface area contributed by atoms with E-state index >= 15 is 0 Å². The van der Waals surface area contributed by atoms with Crippen LogP contribution in [-0.4, -0.2) is 15.6 Å². The quantitative estimate of drug-likeness (QED) is 0.672. The van der Waals surface area contributed by atoms with Crippen LogP contribution in [0.25, 0.3) is 11.0 Å². The highest BCUT2D eigenvalue weighted by atomic mass is 79.9. The van der Waals surface area contributed by atoms with Gasteiger partial charge in [-0.1, -0.05) is 25.1 Å². The molecular weight excluding hydrogens is 332 g/mol. The molecule has 0 fully saturated rings. The van der Waals surface area contributed by atoms with Crippen molar-refractivity contribution in [1.82, 2.24) is 9.78 Å². The number of aryl methyl sites for hydroxylation is 2. The van der Waals surface area contributed by atoms with Gasteiger partial charge in [0.05, 0.1) is 22.3 Å². The number of halogens is 1. The molecule has 0 radical (unpaired) electrons. The first-order valence-corrected chi connectivity index (χ1v) is 7.61. The summed E-state index contributed by atoms with van der Waals surface area (Å²) in [5, 5.41) is 5.35. The lowest BCUT2D eigenvalue weighted by molar-refractivity contribution is 0.0966. The molecule has 0 N–H and O–H groups in total. The predicted molar refractivity (Wildman–Crippen MR) is 84.5 cm³/mol. The fraction of sp³-hybridized carbons (Fsp3) is 0.250. The van der Waals surface area contributed by atoms with E-state index in [0.717, 1.165) is 33.3 Å². The Morgan fingerprint density at radius 1 is 1.38 bits per heavy atom. The molecule has 0 aliphatic heterocycles. The van der Waals surface area contributed by atoms with Gasteiger partial charge in [-0.25, -0.2) is 0 Å². The van der Waals surface area contributed by atoms with E-state index in [-0.39, 0.29) is 12.2 Å². The number of carbonyl (C=O) groups is 1. The van der Waals surface area contributed by atoms with Crippen LogP contribution in [0.15, 0.2) is 39.2 Å². The summed E-state index contributed by atoms with van der Waals surface area (Å²) >= 11 is 3.53. The molecule has 0 aliphatic rings. The van der Waals surface area contributed by atoms with Crippen molar-refractivity contribution in [2.45, 2.75) is 19.8 Å². The molecule has 0 aliphatic carbocycles. The third kappa shape index (κ3) is 2.53. The van der Waals surface area contributed by atoms with Crippen molar-refractivity contribution in [2.75, 3.05) is 0 Å². The molecule has 2 heterocycles. The minimum atomic E-state index is -0.0439. The van der Waals surface area contributed by atoms with Crippen LogP contribution in [0.1, 0.15) is 28.9 Å². The Kier molecular flexibility index (Phi) is 3.68. The van der Waals surface area contributed by atoms with Gasteiger partial charge in [-0.15, -0.1) is 0 Å². The summed E-state index contributed by atoms with van der Waals surface area (Å²) in [6.07, 6.45) is 1.09. The molecule has 0 amide bonds. The van der Waals surface area contributed by atoms with Crippen molar-refractivity contribution < 1.29 is 9.21 Å². The zero-order valence-electron chi connectivity index (χ0n) is 11.9. The molecular formula is C16H15BrN2O2. The first-order chi connectivity index (χ1) is 10.1. The number of para-hydroxylation sites is 1. The van der Waals surface area contributed by atoms with Gasteiger partial charge in [0.2, 0.25) is 5.78 Å². The van der Waals surface area contributed by atoms with Crippen molar-refractivity contribution in [2.24, 2.45) is 7.05 Å². The molecule has 3 rings (SSSR count). The van der Waals surface area contributed by atoms with Crippen LogP contribution in [0, 0.1) is 0 Å². The zero-order valence-corrected chi connectivity index (χ0v) is 13.5. The van der Waals surface area contributed by atoms with E-state index in [1.54, 1.807) is 10.7 Å². The molecule has 0 spiro atoms. The van der Waals surface area contributed by atoms with Crippen molar-refractivity contribution >= 4 is 32.7 Å². The Balaban J connectivity index is 1.91. The number of hydrogen-bond donors (Lipinski definition) is 0. The molecule has 1 aromatic carbocycles. The highest BCUT2D eigenvalue weighted by molar-refractivity contribution is 9.10. The molecule has 2 aromatic heterocycles. The molecule has 108 valence electrons. The average molecular weight is 347 g/mol. The number of benzene rings is 1. The maximum absolute atomic E-state index is 12.4. The van der Waals surface area contributed by atoms with Crippen LogP contribution >= 0.6 is 15.9 Å². The van der Waals surface area contributed by atoms with Gasteiger partial charge in [0, 0.05) is 12.4 Å². The van der Waals surface area contributed by atoms with Crippen molar-refractivity contribution in [3.63, 3.8) is 0 Å². The highest BCUT2D eigenvalue weighted by Gasteiger charge is 2.19. The van der Waals surface area contributed by atoms with E-state index in [1.807, 2.05) is 38.2 Å². The van der Waals surface area contributed by atoms with E-state index in [0.29, 0.717) is 5.76 Å². The number of nitrogens with zero attached hydrogens (tertiary/aromatic N) is 2. The second kappa shape index (κ2) is 5.48. The summed E-state index contributed by atoms with van der Waals surface area (Å²) in [5.74, 6) is 0.347. The molecule has 0 saturated carbocycles. The lowest BCUT2D eigenvalue weighted by atomic mass is 10.1. The van der Waals surface area contributed by atoms with Gasteiger partial charge in [0.1, 0.15) is 5.58 Å². The lowest BCUT2D eigenvalue weighted by Crippen LogP contribution is -2.07. The first kappa shape index (κ1) is 14.1.